The van der Waals surface area contributed by atoms with Gasteiger partial charge < -0.3 is 10.6 Å². The van der Waals surface area contributed by atoms with E-state index in [9.17, 15) is 17.2 Å². The predicted molar refractivity (Wildman–Crippen MR) is 143 cm³/mol. The standard InChI is InChI=1S/C27H27F3N6O2S/c1-2-35-12-9-19(10-13-35)36-16-21(17-8-11-32-25(31)14-17)27(33-36)20-4-3-5-23(26(20)30)34-39(37,38)24-15-18(28)6-7-22(24)29/h3-8,11,14-16,19,34H,2,9-10,12-13H2,1H3,(H2,31,32). The van der Waals surface area contributed by atoms with Crippen LogP contribution in [0.15, 0.2) is 65.8 Å². The van der Waals surface area contributed by atoms with Gasteiger partial charge in [0.15, 0.2) is 5.82 Å². The van der Waals surface area contributed by atoms with Crippen molar-refractivity contribution in [1.82, 2.24) is 19.7 Å². The van der Waals surface area contributed by atoms with E-state index >= 15 is 4.39 Å². The number of nitrogens with one attached hydrogen (secondary N) is 1. The fourth-order valence-electron chi connectivity index (χ4n) is 4.78. The van der Waals surface area contributed by atoms with Gasteiger partial charge in [-0.15, -0.1) is 0 Å². The van der Waals surface area contributed by atoms with E-state index in [0.717, 1.165) is 38.5 Å². The van der Waals surface area contributed by atoms with Crippen molar-refractivity contribution in [2.24, 2.45) is 0 Å². The Labute approximate surface area is 224 Å². The number of pyridine rings is 1. The molecule has 1 fully saturated rings. The van der Waals surface area contributed by atoms with Gasteiger partial charge in [0.05, 0.1) is 11.7 Å². The molecule has 39 heavy (non-hydrogen) atoms. The molecule has 12 heteroatoms. The number of halogens is 3. The molecule has 1 aliphatic rings. The van der Waals surface area contributed by atoms with Crippen LogP contribution in [-0.2, 0) is 10.0 Å². The van der Waals surface area contributed by atoms with Gasteiger partial charge in [-0.3, -0.25) is 9.40 Å². The average molecular weight is 557 g/mol. The highest BCUT2D eigenvalue weighted by Gasteiger charge is 2.26. The van der Waals surface area contributed by atoms with Crippen molar-refractivity contribution in [1.29, 1.82) is 0 Å². The third-order valence-electron chi connectivity index (χ3n) is 6.88. The number of nitrogen functional groups attached to an aromatic ring is 1. The maximum absolute atomic E-state index is 15.9. The van der Waals surface area contributed by atoms with Gasteiger partial charge in [0.2, 0.25) is 0 Å². The molecule has 1 aliphatic heterocycles. The van der Waals surface area contributed by atoms with Crippen LogP contribution in [0.3, 0.4) is 0 Å². The van der Waals surface area contributed by atoms with E-state index in [4.69, 9.17) is 10.8 Å². The molecule has 0 saturated carbocycles. The molecular formula is C27H27F3N6O2S. The second kappa shape index (κ2) is 10.7. The zero-order chi connectivity index (χ0) is 27.7. The zero-order valence-corrected chi connectivity index (χ0v) is 21.9. The van der Waals surface area contributed by atoms with Crippen LogP contribution in [-0.4, -0.2) is 47.7 Å². The molecular weight excluding hydrogens is 529 g/mol. The Morgan fingerprint density at radius 2 is 1.82 bits per heavy atom. The predicted octanol–water partition coefficient (Wildman–Crippen LogP) is 5.07. The minimum absolute atomic E-state index is 0.0324. The molecule has 5 rings (SSSR count). The number of rotatable bonds is 7. The maximum Gasteiger partial charge on any atom is 0.265 e. The van der Waals surface area contributed by atoms with Crippen molar-refractivity contribution < 1.29 is 21.6 Å². The minimum atomic E-state index is -4.64. The topological polar surface area (TPSA) is 106 Å². The third kappa shape index (κ3) is 5.48. The van der Waals surface area contributed by atoms with Gasteiger partial charge in [-0.2, -0.15) is 5.10 Å². The monoisotopic (exact) mass is 556 g/mol. The Kier molecular flexibility index (Phi) is 7.32. The Hall–Kier alpha value is -3.90. The zero-order valence-electron chi connectivity index (χ0n) is 21.1. The molecule has 8 nitrogen and oxygen atoms in total. The van der Waals surface area contributed by atoms with E-state index in [0.29, 0.717) is 23.3 Å². The first kappa shape index (κ1) is 26.7. The lowest BCUT2D eigenvalue weighted by atomic mass is 10.0. The number of aromatic nitrogens is 3. The molecule has 2 aromatic heterocycles. The van der Waals surface area contributed by atoms with Crippen LogP contribution in [0.5, 0.6) is 0 Å². The van der Waals surface area contributed by atoms with Gasteiger partial charge in [0.25, 0.3) is 10.0 Å². The van der Waals surface area contributed by atoms with E-state index in [1.807, 2.05) is 10.9 Å². The van der Waals surface area contributed by atoms with Crippen LogP contribution in [0.2, 0.25) is 0 Å². The first-order valence-corrected chi connectivity index (χ1v) is 13.9. The summed E-state index contributed by atoms with van der Waals surface area (Å²) < 4.78 is 73.3. The Morgan fingerprint density at radius 1 is 1.05 bits per heavy atom. The van der Waals surface area contributed by atoms with Crippen LogP contribution >= 0.6 is 0 Å². The summed E-state index contributed by atoms with van der Waals surface area (Å²) >= 11 is 0. The van der Waals surface area contributed by atoms with Gasteiger partial charge in [-0.25, -0.2) is 26.6 Å². The van der Waals surface area contributed by atoms with Crippen LogP contribution in [0.1, 0.15) is 25.8 Å². The number of anilines is 2. The fourth-order valence-corrected chi connectivity index (χ4v) is 5.93. The molecule has 4 aromatic rings. The van der Waals surface area contributed by atoms with Crippen LogP contribution in [0.4, 0.5) is 24.7 Å². The first-order valence-electron chi connectivity index (χ1n) is 12.5. The summed E-state index contributed by atoms with van der Waals surface area (Å²) in [7, 11) is -4.64. The van der Waals surface area contributed by atoms with E-state index in [2.05, 4.69) is 21.5 Å². The summed E-state index contributed by atoms with van der Waals surface area (Å²) in [5.41, 5.74) is 7.07. The van der Waals surface area contributed by atoms with Crippen molar-refractivity contribution in [2.45, 2.75) is 30.7 Å². The van der Waals surface area contributed by atoms with E-state index in [-0.39, 0.29) is 23.1 Å². The Morgan fingerprint density at radius 3 is 2.54 bits per heavy atom. The van der Waals surface area contributed by atoms with E-state index < -0.39 is 38.1 Å². The third-order valence-corrected chi connectivity index (χ3v) is 8.26. The number of sulfonamides is 1. The molecule has 204 valence electrons. The van der Waals surface area contributed by atoms with Crippen molar-refractivity contribution in [3.63, 3.8) is 0 Å². The number of hydrogen-bond donors (Lipinski definition) is 2. The number of likely N-dealkylation sites (tertiary alicyclic amines) is 1. The normalized spacial score (nSPS) is 15.0. The Balaban J connectivity index is 1.57. The van der Waals surface area contributed by atoms with Gasteiger partial charge >= 0.3 is 0 Å². The van der Waals surface area contributed by atoms with Crippen molar-refractivity contribution >= 4 is 21.5 Å². The second-order valence-electron chi connectivity index (χ2n) is 9.35. The molecule has 3 heterocycles. The Bertz CT molecular complexity index is 1620. The largest absolute Gasteiger partial charge is 0.384 e. The van der Waals surface area contributed by atoms with Gasteiger partial charge in [-0.05, 0) is 67.4 Å². The van der Waals surface area contributed by atoms with Gasteiger partial charge in [0, 0.05) is 36.6 Å². The van der Waals surface area contributed by atoms with Crippen LogP contribution < -0.4 is 10.5 Å². The average Bonchev–Trinajstić information content (AvgIpc) is 3.36. The minimum Gasteiger partial charge on any atom is -0.384 e. The summed E-state index contributed by atoms with van der Waals surface area (Å²) in [5, 5.41) is 4.75. The first-order chi connectivity index (χ1) is 18.7. The lowest BCUT2D eigenvalue weighted by Crippen LogP contribution is -2.34. The summed E-state index contributed by atoms with van der Waals surface area (Å²) in [6.45, 7) is 4.91. The van der Waals surface area contributed by atoms with Gasteiger partial charge in [-0.1, -0.05) is 13.0 Å². The number of hydrogen-bond acceptors (Lipinski definition) is 6. The van der Waals surface area contributed by atoms with Gasteiger partial charge in [0.1, 0.15) is 28.0 Å². The number of nitrogens with two attached hydrogens (primary N) is 1. The quantitative estimate of drug-likeness (QED) is 0.329. The molecule has 0 spiro atoms. The van der Waals surface area contributed by atoms with Crippen LogP contribution in [0, 0.1) is 17.5 Å². The van der Waals surface area contributed by atoms with E-state index in [1.54, 1.807) is 18.3 Å². The van der Waals surface area contributed by atoms with Crippen molar-refractivity contribution in [3.8, 4) is 22.4 Å². The number of nitrogens with zero attached hydrogens (tertiary/aromatic N) is 4. The molecule has 0 bridgehead atoms. The molecule has 0 radical (unpaired) electrons. The summed E-state index contributed by atoms with van der Waals surface area (Å²) in [6, 6.07) is 9.66. The molecule has 2 aromatic carbocycles. The number of benzene rings is 2. The highest BCUT2D eigenvalue weighted by molar-refractivity contribution is 7.92. The maximum atomic E-state index is 15.9. The molecule has 0 amide bonds. The lowest BCUT2D eigenvalue weighted by molar-refractivity contribution is 0.187. The van der Waals surface area contributed by atoms with E-state index in [1.165, 1.54) is 18.2 Å². The highest BCUT2D eigenvalue weighted by atomic mass is 32.2. The van der Waals surface area contributed by atoms with Crippen LogP contribution in [0.25, 0.3) is 22.4 Å². The SMILES string of the molecule is CCN1CCC(n2cc(-c3ccnc(N)c3)c(-c3cccc(NS(=O)(=O)c4cc(F)ccc4F)c3F)n2)CC1. The summed E-state index contributed by atoms with van der Waals surface area (Å²) in [6.07, 6.45) is 5.12. The number of piperidine rings is 1. The molecule has 0 unspecified atom stereocenters. The molecule has 0 aliphatic carbocycles. The van der Waals surface area contributed by atoms with Crippen molar-refractivity contribution in [2.75, 3.05) is 30.1 Å². The smallest absolute Gasteiger partial charge is 0.265 e. The lowest BCUT2D eigenvalue weighted by Gasteiger charge is -2.31. The summed E-state index contributed by atoms with van der Waals surface area (Å²) in [4.78, 5) is 5.45. The summed E-state index contributed by atoms with van der Waals surface area (Å²) in [5.74, 6) is -2.73. The molecule has 1 saturated heterocycles. The van der Waals surface area contributed by atoms with Crippen molar-refractivity contribution in [3.05, 3.63) is 78.4 Å². The highest BCUT2D eigenvalue weighted by Crippen LogP contribution is 2.37. The fraction of sp³-hybridized carbons (Fsp3) is 0.259. The second-order valence-corrected chi connectivity index (χ2v) is 11.0. The molecule has 0 atom stereocenters. The molecule has 3 N–H and O–H groups in total.